The molecule has 0 aliphatic heterocycles. The van der Waals surface area contributed by atoms with E-state index in [2.05, 4.69) is 5.32 Å². The maximum absolute atomic E-state index is 13.4. The van der Waals surface area contributed by atoms with Crippen molar-refractivity contribution < 1.29 is 18.0 Å². The first-order chi connectivity index (χ1) is 16.7. The van der Waals surface area contributed by atoms with E-state index in [-0.39, 0.29) is 31.3 Å². The summed E-state index contributed by atoms with van der Waals surface area (Å²) in [5, 5.41) is 3.57. The third-order valence-corrected chi connectivity index (χ3v) is 7.07. The molecule has 0 spiro atoms. The number of carbonyl (C=O) groups is 2. The third kappa shape index (κ3) is 9.13. The van der Waals surface area contributed by atoms with Gasteiger partial charge in [0.15, 0.2) is 0 Å². The van der Waals surface area contributed by atoms with Gasteiger partial charge in [-0.3, -0.25) is 13.9 Å². The van der Waals surface area contributed by atoms with Gasteiger partial charge in [0.25, 0.3) is 0 Å². The molecule has 0 saturated carbocycles. The van der Waals surface area contributed by atoms with Crippen molar-refractivity contribution in [3.05, 3.63) is 64.7 Å². The lowest BCUT2D eigenvalue weighted by molar-refractivity contribution is -0.142. The zero-order valence-electron chi connectivity index (χ0n) is 22.0. The summed E-state index contributed by atoms with van der Waals surface area (Å²) in [7, 11) is -3.52. The van der Waals surface area contributed by atoms with Crippen LogP contribution < -0.4 is 9.62 Å². The number of nitrogens with one attached hydrogen (secondary N) is 1. The molecule has 0 aromatic heterocycles. The average molecular weight is 536 g/mol. The molecule has 2 aromatic carbocycles. The normalized spacial score (nSPS) is 12.6. The SMILES string of the molecule is CCC(C(=O)NC(C)(C)C)N(Cc1ccc(Cl)cc1)C(=O)CCCN(c1ccc(C)cc1)S(C)(=O)=O. The van der Waals surface area contributed by atoms with Crippen LogP contribution in [0.15, 0.2) is 48.5 Å². The largest absolute Gasteiger partial charge is 0.350 e. The predicted molar refractivity (Wildman–Crippen MR) is 147 cm³/mol. The zero-order chi connectivity index (χ0) is 27.1. The van der Waals surface area contributed by atoms with Gasteiger partial charge in [0, 0.05) is 30.1 Å². The molecule has 0 bridgehead atoms. The molecule has 9 heteroatoms. The molecule has 1 N–H and O–H groups in total. The van der Waals surface area contributed by atoms with E-state index in [0.29, 0.717) is 23.6 Å². The van der Waals surface area contributed by atoms with Crippen molar-refractivity contribution in [2.24, 2.45) is 0 Å². The van der Waals surface area contributed by atoms with E-state index < -0.39 is 21.6 Å². The van der Waals surface area contributed by atoms with Crippen LogP contribution in [0.3, 0.4) is 0 Å². The van der Waals surface area contributed by atoms with Crippen LogP contribution in [-0.2, 0) is 26.2 Å². The first-order valence-corrected chi connectivity index (χ1v) is 14.3. The number of benzene rings is 2. The summed E-state index contributed by atoms with van der Waals surface area (Å²) < 4.78 is 26.2. The van der Waals surface area contributed by atoms with E-state index >= 15 is 0 Å². The molecule has 0 fully saturated rings. The van der Waals surface area contributed by atoms with Crippen molar-refractivity contribution in [3.8, 4) is 0 Å². The lowest BCUT2D eigenvalue weighted by Crippen LogP contribution is -2.53. The Hall–Kier alpha value is -2.58. The number of anilines is 1. The lowest BCUT2D eigenvalue weighted by atomic mass is 10.0. The quantitative estimate of drug-likeness (QED) is 0.442. The molecule has 2 amide bonds. The van der Waals surface area contributed by atoms with E-state index in [0.717, 1.165) is 17.4 Å². The molecule has 0 heterocycles. The number of rotatable bonds is 11. The minimum atomic E-state index is -3.52. The van der Waals surface area contributed by atoms with Gasteiger partial charge < -0.3 is 10.2 Å². The Morgan fingerprint density at radius 3 is 2.11 bits per heavy atom. The monoisotopic (exact) mass is 535 g/mol. The standard InChI is InChI=1S/C27H38ClN3O4S/c1-7-24(26(33)29-27(3,4)5)30(19-21-12-14-22(28)15-13-21)25(32)9-8-18-31(36(6,34)35)23-16-10-20(2)11-17-23/h10-17,24H,7-9,18-19H2,1-6H3,(H,29,33). The van der Waals surface area contributed by atoms with E-state index in [1.54, 1.807) is 29.2 Å². The number of halogens is 1. The van der Waals surface area contributed by atoms with Crippen LogP contribution in [0.5, 0.6) is 0 Å². The summed E-state index contributed by atoms with van der Waals surface area (Å²) in [6.45, 7) is 9.91. The Morgan fingerprint density at radius 2 is 1.61 bits per heavy atom. The minimum absolute atomic E-state index is 0.102. The molecule has 0 aliphatic rings. The second-order valence-corrected chi connectivity index (χ2v) is 12.4. The molecule has 198 valence electrons. The molecule has 1 unspecified atom stereocenters. The number of hydrogen-bond donors (Lipinski definition) is 1. The minimum Gasteiger partial charge on any atom is -0.350 e. The molecule has 36 heavy (non-hydrogen) atoms. The van der Waals surface area contributed by atoms with Gasteiger partial charge in [0.1, 0.15) is 6.04 Å². The maximum atomic E-state index is 13.4. The Morgan fingerprint density at radius 1 is 1.03 bits per heavy atom. The van der Waals surface area contributed by atoms with E-state index in [9.17, 15) is 18.0 Å². The highest BCUT2D eigenvalue weighted by atomic mass is 35.5. The van der Waals surface area contributed by atoms with Crippen LogP contribution >= 0.6 is 11.6 Å². The van der Waals surface area contributed by atoms with Crippen LogP contribution in [-0.4, -0.2) is 49.5 Å². The fraction of sp³-hybridized carbons (Fsp3) is 0.481. The average Bonchev–Trinajstić information content (AvgIpc) is 2.76. The number of amides is 2. The third-order valence-electron chi connectivity index (χ3n) is 5.62. The van der Waals surface area contributed by atoms with Gasteiger partial charge in [0.2, 0.25) is 21.8 Å². The van der Waals surface area contributed by atoms with E-state index in [4.69, 9.17) is 11.6 Å². The van der Waals surface area contributed by atoms with Gasteiger partial charge in [0.05, 0.1) is 11.9 Å². The van der Waals surface area contributed by atoms with Crippen LogP contribution in [0, 0.1) is 6.92 Å². The van der Waals surface area contributed by atoms with Crippen LogP contribution in [0.1, 0.15) is 58.1 Å². The summed E-state index contributed by atoms with van der Waals surface area (Å²) in [5.74, 6) is -0.428. The van der Waals surface area contributed by atoms with Crippen molar-refractivity contribution in [2.45, 2.75) is 72.0 Å². The first-order valence-electron chi connectivity index (χ1n) is 12.1. The molecule has 0 saturated heterocycles. The Balaban J connectivity index is 2.22. The molecule has 0 aliphatic carbocycles. The van der Waals surface area contributed by atoms with Gasteiger partial charge in [-0.15, -0.1) is 0 Å². The summed E-state index contributed by atoms with van der Waals surface area (Å²) in [6.07, 6.45) is 2.02. The van der Waals surface area contributed by atoms with Crippen LogP contribution in [0.25, 0.3) is 0 Å². The molecule has 0 radical (unpaired) electrons. The smallest absolute Gasteiger partial charge is 0.243 e. The highest BCUT2D eigenvalue weighted by Crippen LogP contribution is 2.21. The molecule has 2 aromatic rings. The number of aryl methyl sites for hydroxylation is 1. The topological polar surface area (TPSA) is 86.8 Å². The Kier molecular flexibility index (Phi) is 10.4. The first kappa shape index (κ1) is 29.6. The van der Waals surface area contributed by atoms with Gasteiger partial charge in [-0.05, 0) is 70.4 Å². The van der Waals surface area contributed by atoms with Crippen molar-refractivity contribution in [2.75, 3.05) is 17.1 Å². The van der Waals surface area contributed by atoms with Gasteiger partial charge >= 0.3 is 0 Å². The molecule has 7 nitrogen and oxygen atoms in total. The predicted octanol–water partition coefficient (Wildman–Crippen LogP) is 4.92. The number of sulfonamides is 1. The van der Waals surface area contributed by atoms with Gasteiger partial charge in [-0.2, -0.15) is 0 Å². The zero-order valence-corrected chi connectivity index (χ0v) is 23.6. The van der Waals surface area contributed by atoms with Crippen molar-refractivity contribution >= 4 is 39.1 Å². The van der Waals surface area contributed by atoms with E-state index in [1.165, 1.54) is 4.31 Å². The summed E-state index contributed by atoms with van der Waals surface area (Å²) >= 11 is 6.02. The Labute approximate surface area is 220 Å². The summed E-state index contributed by atoms with van der Waals surface area (Å²) in [4.78, 5) is 28.1. The molecule has 2 rings (SSSR count). The summed E-state index contributed by atoms with van der Waals surface area (Å²) in [6, 6.07) is 13.7. The molecule has 1 atom stereocenters. The number of carbonyl (C=O) groups excluding carboxylic acids is 2. The van der Waals surface area contributed by atoms with Crippen molar-refractivity contribution in [3.63, 3.8) is 0 Å². The molecular weight excluding hydrogens is 498 g/mol. The number of hydrogen-bond acceptors (Lipinski definition) is 4. The van der Waals surface area contributed by atoms with Crippen LogP contribution in [0.4, 0.5) is 5.69 Å². The highest BCUT2D eigenvalue weighted by molar-refractivity contribution is 7.92. The second-order valence-electron chi connectivity index (χ2n) is 10.1. The number of nitrogens with zero attached hydrogens (tertiary/aromatic N) is 2. The van der Waals surface area contributed by atoms with Crippen molar-refractivity contribution in [1.82, 2.24) is 10.2 Å². The Bertz CT molecular complexity index is 1130. The van der Waals surface area contributed by atoms with Gasteiger partial charge in [-0.25, -0.2) is 8.42 Å². The second kappa shape index (κ2) is 12.6. The fourth-order valence-electron chi connectivity index (χ4n) is 3.87. The van der Waals surface area contributed by atoms with Crippen molar-refractivity contribution in [1.29, 1.82) is 0 Å². The lowest BCUT2D eigenvalue weighted by Gasteiger charge is -2.33. The van der Waals surface area contributed by atoms with E-state index in [1.807, 2.05) is 58.9 Å². The summed E-state index contributed by atoms with van der Waals surface area (Å²) in [5.41, 5.74) is 2.00. The van der Waals surface area contributed by atoms with Crippen LogP contribution in [0.2, 0.25) is 5.02 Å². The maximum Gasteiger partial charge on any atom is 0.243 e. The van der Waals surface area contributed by atoms with Gasteiger partial charge in [-0.1, -0.05) is 48.4 Å². The fourth-order valence-corrected chi connectivity index (χ4v) is 4.97. The highest BCUT2D eigenvalue weighted by Gasteiger charge is 2.30. The molecular formula is C27H38ClN3O4S.